The van der Waals surface area contributed by atoms with Crippen molar-refractivity contribution in [2.75, 3.05) is 18.9 Å². The first-order valence-corrected chi connectivity index (χ1v) is 10.6. The Morgan fingerprint density at radius 3 is 2.52 bits per heavy atom. The maximum Gasteiger partial charge on any atom is 0.187 e. The first-order valence-electron chi connectivity index (χ1n) is 9.70. The third kappa shape index (κ3) is 5.50. The quantitative estimate of drug-likeness (QED) is 0.417. The molecule has 4 aromatic rings. The maximum absolute atomic E-state index is 4.66. The second-order valence-electron chi connectivity index (χ2n) is 7.07. The van der Waals surface area contributed by atoms with E-state index in [4.69, 9.17) is 0 Å². The SMILES string of the molecule is CN(CCc1ccc(Nc2nc(-c3cccnc3)cs2)cc1)Cc1ccccc1. The first-order chi connectivity index (χ1) is 14.3. The predicted octanol–water partition coefficient (Wildman–Crippen LogP) is 5.62. The number of anilines is 2. The molecule has 0 unspecified atom stereocenters. The van der Waals surface area contributed by atoms with E-state index in [9.17, 15) is 0 Å². The second-order valence-corrected chi connectivity index (χ2v) is 7.93. The minimum Gasteiger partial charge on any atom is -0.332 e. The molecule has 0 spiro atoms. The lowest BCUT2D eigenvalue weighted by Gasteiger charge is -2.16. The number of nitrogens with one attached hydrogen (secondary N) is 1. The Hall–Kier alpha value is -3.02. The van der Waals surface area contributed by atoms with Crippen molar-refractivity contribution in [3.63, 3.8) is 0 Å². The lowest BCUT2D eigenvalue weighted by Crippen LogP contribution is -2.20. The zero-order chi connectivity index (χ0) is 19.9. The smallest absolute Gasteiger partial charge is 0.187 e. The van der Waals surface area contributed by atoms with Gasteiger partial charge in [0.05, 0.1) is 5.69 Å². The molecule has 0 aliphatic carbocycles. The predicted molar refractivity (Wildman–Crippen MR) is 122 cm³/mol. The van der Waals surface area contributed by atoms with E-state index in [0.717, 1.165) is 41.6 Å². The van der Waals surface area contributed by atoms with Crippen molar-refractivity contribution in [2.24, 2.45) is 0 Å². The fourth-order valence-electron chi connectivity index (χ4n) is 3.15. The van der Waals surface area contributed by atoms with E-state index in [2.05, 4.69) is 87.2 Å². The van der Waals surface area contributed by atoms with Gasteiger partial charge in [0.1, 0.15) is 0 Å². The van der Waals surface area contributed by atoms with Crippen molar-refractivity contribution >= 4 is 22.2 Å². The first kappa shape index (κ1) is 19.3. The zero-order valence-corrected chi connectivity index (χ0v) is 17.3. The number of likely N-dealkylation sites (N-methyl/N-ethyl adjacent to an activating group) is 1. The molecule has 0 aliphatic rings. The molecule has 0 radical (unpaired) electrons. The summed E-state index contributed by atoms with van der Waals surface area (Å²) in [6.45, 7) is 2.01. The minimum absolute atomic E-state index is 0.888. The van der Waals surface area contributed by atoms with Crippen molar-refractivity contribution < 1.29 is 0 Å². The van der Waals surface area contributed by atoms with Gasteiger partial charge in [0, 0.05) is 42.1 Å². The van der Waals surface area contributed by atoms with Gasteiger partial charge in [-0.2, -0.15) is 0 Å². The molecule has 0 aliphatic heterocycles. The van der Waals surface area contributed by atoms with Crippen LogP contribution >= 0.6 is 11.3 Å². The van der Waals surface area contributed by atoms with E-state index in [-0.39, 0.29) is 0 Å². The van der Waals surface area contributed by atoms with Gasteiger partial charge in [0.25, 0.3) is 0 Å². The number of pyridine rings is 1. The van der Waals surface area contributed by atoms with E-state index < -0.39 is 0 Å². The van der Waals surface area contributed by atoms with Gasteiger partial charge in [-0.25, -0.2) is 4.98 Å². The van der Waals surface area contributed by atoms with E-state index in [1.165, 1.54) is 11.1 Å². The molecule has 2 aromatic carbocycles. The average molecular weight is 401 g/mol. The number of nitrogens with zero attached hydrogens (tertiary/aromatic N) is 3. The molecule has 4 nitrogen and oxygen atoms in total. The third-order valence-electron chi connectivity index (χ3n) is 4.74. The second kappa shape index (κ2) is 9.45. The molecular formula is C24H24N4S. The van der Waals surface area contributed by atoms with Crippen molar-refractivity contribution in [1.29, 1.82) is 0 Å². The Morgan fingerprint density at radius 2 is 1.76 bits per heavy atom. The Balaban J connectivity index is 1.30. The highest BCUT2D eigenvalue weighted by atomic mass is 32.1. The number of rotatable bonds is 8. The molecule has 146 valence electrons. The van der Waals surface area contributed by atoms with Crippen LogP contribution in [0.1, 0.15) is 11.1 Å². The van der Waals surface area contributed by atoms with E-state index in [1.54, 1.807) is 17.5 Å². The summed E-state index contributed by atoms with van der Waals surface area (Å²) in [5.74, 6) is 0. The van der Waals surface area contributed by atoms with Gasteiger partial charge in [0.15, 0.2) is 5.13 Å². The van der Waals surface area contributed by atoms with Crippen molar-refractivity contribution in [3.8, 4) is 11.3 Å². The molecule has 5 heteroatoms. The van der Waals surface area contributed by atoms with Crippen LogP contribution in [0.5, 0.6) is 0 Å². The van der Waals surface area contributed by atoms with Gasteiger partial charge in [-0.1, -0.05) is 42.5 Å². The van der Waals surface area contributed by atoms with Crippen LogP contribution in [0, 0.1) is 0 Å². The highest BCUT2D eigenvalue weighted by molar-refractivity contribution is 7.14. The lowest BCUT2D eigenvalue weighted by molar-refractivity contribution is 0.331. The molecule has 0 amide bonds. The van der Waals surface area contributed by atoms with Gasteiger partial charge in [-0.05, 0) is 48.9 Å². The van der Waals surface area contributed by atoms with Crippen LogP contribution in [0.25, 0.3) is 11.3 Å². The van der Waals surface area contributed by atoms with Gasteiger partial charge < -0.3 is 10.2 Å². The summed E-state index contributed by atoms with van der Waals surface area (Å²) < 4.78 is 0. The fourth-order valence-corrected chi connectivity index (χ4v) is 3.89. The van der Waals surface area contributed by atoms with Gasteiger partial charge in [0.2, 0.25) is 0 Å². The largest absolute Gasteiger partial charge is 0.332 e. The van der Waals surface area contributed by atoms with Crippen molar-refractivity contribution in [1.82, 2.24) is 14.9 Å². The Labute approximate surface area is 175 Å². The molecule has 2 aromatic heterocycles. The number of benzene rings is 2. The molecule has 0 saturated carbocycles. The molecule has 29 heavy (non-hydrogen) atoms. The summed E-state index contributed by atoms with van der Waals surface area (Å²) in [5, 5.41) is 6.34. The van der Waals surface area contributed by atoms with E-state index in [1.807, 2.05) is 18.3 Å². The monoisotopic (exact) mass is 400 g/mol. The summed E-state index contributed by atoms with van der Waals surface area (Å²) in [7, 11) is 2.17. The van der Waals surface area contributed by atoms with Crippen LogP contribution in [-0.4, -0.2) is 28.5 Å². The average Bonchev–Trinajstić information content (AvgIpc) is 3.23. The topological polar surface area (TPSA) is 41.0 Å². The molecule has 2 heterocycles. The Kier molecular flexibility index (Phi) is 6.29. The fraction of sp³-hybridized carbons (Fsp3) is 0.167. The van der Waals surface area contributed by atoms with Crippen molar-refractivity contribution in [3.05, 3.63) is 95.6 Å². The molecular weight excluding hydrogens is 376 g/mol. The lowest BCUT2D eigenvalue weighted by atomic mass is 10.1. The summed E-state index contributed by atoms with van der Waals surface area (Å²) >= 11 is 1.60. The molecule has 1 N–H and O–H groups in total. The van der Waals surface area contributed by atoms with Gasteiger partial charge in [-0.3, -0.25) is 4.98 Å². The Morgan fingerprint density at radius 1 is 0.931 bits per heavy atom. The summed E-state index contributed by atoms with van der Waals surface area (Å²) in [5.41, 5.74) is 5.73. The highest BCUT2D eigenvalue weighted by Crippen LogP contribution is 2.26. The van der Waals surface area contributed by atoms with E-state index >= 15 is 0 Å². The molecule has 4 rings (SSSR count). The van der Waals surface area contributed by atoms with Gasteiger partial charge >= 0.3 is 0 Å². The molecule has 0 bridgehead atoms. The standard InChI is InChI=1S/C24H24N4S/c1-28(17-20-6-3-2-4-7-20)15-13-19-9-11-22(12-10-19)26-24-27-23(18-29-24)21-8-5-14-25-16-21/h2-12,14,16,18H,13,15,17H2,1H3,(H,26,27). The summed E-state index contributed by atoms with van der Waals surface area (Å²) in [6, 6.07) is 23.2. The number of hydrogen-bond donors (Lipinski definition) is 1. The van der Waals surface area contributed by atoms with Crippen LogP contribution < -0.4 is 5.32 Å². The number of aromatic nitrogens is 2. The third-order valence-corrected chi connectivity index (χ3v) is 5.50. The van der Waals surface area contributed by atoms with Crippen LogP contribution in [0.15, 0.2) is 84.5 Å². The normalized spacial score (nSPS) is 11.0. The molecule has 0 saturated heterocycles. The summed E-state index contributed by atoms with van der Waals surface area (Å²) in [4.78, 5) is 11.2. The van der Waals surface area contributed by atoms with Crippen LogP contribution in [0.4, 0.5) is 10.8 Å². The maximum atomic E-state index is 4.66. The number of hydrogen-bond acceptors (Lipinski definition) is 5. The number of thiazole rings is 1. The van der Waals surface area contributed by atoms with Crippen molar-refractivity contribution in [2.45, 2.75) is 13.0 Å². The Bertz CT molecular complexity index is 1010. The van der Waals surface area contributed by atoms with Crippen LogP contribution in [0.3, 0.4) is 0 Å². The van der Waals surface area contributed by atoms with Crippen LogP contribution in [-0.2, 0) is 13.0 Å². The van der Waals surface area contributed by atoms with E-state index in [0.29, 0.717) is 0 Å². The summed E-state index contributed by atoms with van der Waals surface area (Å²) in [6.07, 6.45) is 4.64. The molecule has 0 fully saturated rings. The highest BCUT2D eigenvalue weighted by Gasteiger charge is 2.05. The van der Waals surface area contributed by atoms with Gasteiger partial charge in [-0.15, -0.1) is 11.3 Å². The molecule has 0 atom stereocenters. The van der Waals surface area contributed by atoms with Crippen LogP contribution in [0.2, 0.25) is 0 Å². The zero-order valence-electron chi connectivity index (χ0n) is 16.5. The minimum atomic E-state index is 0.888.